The van der Waals surface area contributed by atoms with Crippen LogP contribution in [0.5, 0.6) is 5.75 Å². The third-order valence-electron chi connectivity index (χ3n) is 2.67. The van der Waals surface area contributed by atoms with Gasteiger partial charge in [-0.2, -0.15) is 5.26 Å². The zero-order chi connectivity index (χ0) is 14.5. The first-order chi connectivity index (χ1) is 9.62. The summed E-state index contributed by atoms with van der Waals surface area (Å²) in [4.78, 5) is 0. The summed E-state index contributed by atoms with van der Waals surface area (Å²) in [5.41, 5.74) is 1.50. The molecule has 0 N–H and O–H groups in total. The largest absolute Gasteiger partial charge is 0.489 e. The van der Waals surface area contributed by atoms with E-state index < -0.39 is 11.6 Å². The molecule has 0 unspecified atom stereocenters. The van der Waals surface area contributed by atoms with E-state index in [1.807, 2.05) is 6.07 Å². The van der Waals surface area contributed by atoms with Crippen molar-refractivity contribution in [2.45, 2.75) is 11.9 Å². The number of hydrogen-bond acceptors (Lipinski definition) is 2. The molecule has 102 valence electrons. The first kappa shape index (κ1) is 14.5. The maximum absolute atomic E-state index is 13.3. The lowest BCUT2D eigenvalue weighted by Crippen LogP contribution is -2.00. The Morgan fingerprint density at radius 3 is 2.60 bits per heavy atom. The van der Waals surface area contributed by atoms with E-state index in [2.05, 4.69) is 15.9 Å². The predicted molar refractivity (Wildman–Crippen MR) is 74.5 cm³/mol. The lowest BCUT2D eigenvalue weighted by atomic mass is 10.1. The molecule has 2 rings (SSSR count). The average Bonchev–Trinajstić information content (AvgIpc) is 2.44. The smallest absolute Gasteiger partial charge is 0.127 e. The molecule has 2 aromatic rings. The summed E-state index contributed by atoms with van der Waals surface area (Å²) >= 11 is 3.24. The molecule has 0 aliphatic heterocycles. The van der Waals surface area contributed by atoms with E-state index in [1.165, 1.54) is 30.3 Å². The van der Waals surface area contributed by atoms with Crippen LogP contribution in [-0.2, 0) is 11.9 Å². The van der Waals surface area contributed by atoms with Gasteiger partial charge in [-0.05, 0) is 35.9 Å². The van der Waals surface area contributed by atoms with E-state index in [4.69, 9.17) is 10.00 Å². The number of halogens is 3. The van der Waals surface area contributed by atoms with Crippen LogP contribution in [0.2, 0.25) is 0 Å². The van der Waals surface area contributed by atoms with Gasteiger partial charge in [-0.3, -0.25) is 0 Å². The van der Waals surface area contributed by atoms with Crippen LogP contribution in [0.15, 0.2) is 36.4 Å². The fraction of sp³-hybridized carbons (Fsp3) is 0.133. The summed E-state index contributed by atoms with van der Waals surface area (Å²) in [7, 11) is 0. The minimum absolute atomic E-state index is 0.00579. The van der Waals surface area contributed by atoms with Crippen molar-refractivity contribution < 1.29 is 13.5 Å². The van der Waals surface area contributed by atoms with Gasteiger partial charge >= 0.3 is 0 Å². The van der Waals surface area contributed by atoms with E-state index >= 15 is 0 Å². The van der Waals surface area contributed by atoms with Gasteiger partial charge in [0, 0.05) is 17.0 Å². The molecule has 0 fully saturated rings. The van der Waals surface area contributed by atoms with Crippen LogP contribution in [0.3, 0.4) is 0 Å². The Morgan fingerprint density at radius 2 is 1.90 bits per heavy atom. The molecular weight excluding hydrogens is 328 g/mol. The highest BCUT2D eigenvalue weighted by molar-refractivity contribution is 9.08. The second kappa shape index (κ2) is 6.49. The third kappa shape index (κ3) is 3.55. The topological polar surface area (TPSA) is 33.0 Å². The Kier molecular flexibility index (Phi) is 4.70. The van der Waals surface area contributed by atoms with E-state index in [9.17, 15) is 8.78 Å². The van der Waals surface area contributed by atoms with Gasteiger partial charge in [-0.1, -0.05) is 15.9 Å². The molecule has 0 spiro atoms. The van der Waals surface area contributed by atoms with Crippen molar-refractivity contribution in [2.75, 3.05) is 0 Å². The van der Waals surface area contributed by atoms with Crippen LogP contribution in [0.1, 0.15) is 16.7 Å². The number of rotatable bonds is 4. The maximum atomic E-state index is 13.3. The molecule has 0 heterocycles. The van der Waals surface area contributed by atoms with Crippen LogP contribution < -0.4 is 4.74 Å². The van der Waals surface area contributed by atoms with Gasteiger partial charge in [0.2, 0.25) is 0 Å². The highest BCUT2D eigenvalue weighted by Crippen LogP contribution is 2.20. The quantitative estimate of drug-likeness (QED) is 0.779. The third-order valence-corrected chi connectivity index (χ3v) is 3.31. The molecule has 5 heteroatoms. The molecule has 0 aliphatic rings. The molecule has 2 aromatic carbocycles. The first-order valence-corrected chi connectivity index (χ1v) is 6.91. The zero-order valence-electron chi connectivity index (χ0n) is 10.4. The summed E-state index contributed by atoms with van der Waals surface area (Å²) in [6, 6.07) is 10.1. The van der Waals surface area contributed by atoms with Gasteiger partial charge < -0.3 is 4.74 Å². The molecule has 0 bridgehead atoms. The number of alkyl halides is 1. The molecular formula is C15H10BrF2NO. The van der Waals surface area contributed by atoms with Gasteiger partial charge in [0.15, 0.2) is 0 Å². The van der Waals surface area contributed by atoms with Gasteiger partial charge in [0.05, 0.1) is 11.6 Å². The number of nitriles is 1. The van der Waals surface area contributed by atoms with Gasteiger partial charge in [0.25, 0.3) is 0 Å². The predicted octanol–water partition coefficient (Wildman–Crippen LogP) is 4.31. The van der Waals surface area contributed by atoms with Crippen LogP contribution in [0, 0.1) is 23.0 Å². The molecule has 0 aliphatic carbocycles. The lowest BCUT2D eigenvalue weighted by Gasteiger charge is -2.09. The van der Waals surface area contributed by atoms with Crippen molar-refractivity contribution in [2.24, 2.45) is 0 Å². The van der Waals surface area contributed by atoms with Crippen molar-refractivity contribution in [1.29, 1.82) is 5.26 Å². The summed E-state index contributed by atoms with van der Waals surface area (Å²) in [5, 5.41) is 9.44. The SMILES string of the molecule is N#Cc1ccc(F)cc1COc1cc(F)cc(CBr)c1. The Labute approximate surface area is 123 Å². The Bertz CT molecular complexity index is 667. The summed E-state index contributed by atoms with van der Waals surface area (Å²) in [6.45, 7) is 0.00579. The van der Waals surface area contributed by atoms with Crippen molar-refractivity contribution in [3.63, 3.8) is 0 Å². The van der Waals surface area contributed by atoms with Crippen LogP contribution >= 0.6 is 15.9 Å². The number of hydrogen-bond donors (Lipinski definition) is 0. The number of benzene rings is 2. The van der Waals surface area contributed by atoms with E-state index in [1.54, 1.807) is 6.07 Å². The van der Waals surface area contributed by atoms with E-state index in [0.717, 1.165) is 5.56 Å². The number of ether oxygens (including phenoxy) is 1. The normalized spacial score (nSPS) is 10.1. The van der Waals surface area contributed by atoms with Gasteiger partial charge in [0.1, 0.15) is 24.0 Å². The molecule has 2 nitrogen and oxygen atoms in total. The van der Waals surface area contributed by atoms with Crippen LogP contribution in [-0.4, -0.2) is 0 Å². The summed E-state index contributed by atoms with van der Waals surface area (Å²) in [5.74, 6) is -0.507. The van der Waals surface area contributed by atoms with Gasteiger partial charge in [-0.25, -0.2) is 8.78 Å². The second-order valence-electron chi connectivity index (χ2n) is 4.13. The maximum Gasteiger partial charge on any atom is 0.127 e. The monoisotopic (exact) mass is 337 g/mol. The number of nitrogens with zero attached hydrogens (tertiary/aromatic N) is 1. The molecule has 0 aromatic heterocycles. The lowest BCUT2D eigenvalue weighted by molar-refractivity contribution is 0.303. The molecule has 0 saturated carbocycles. The Morgan fingerprint density at radius 1 is 1.10 bits per heavy atom. The highest BCUT2D eigenvalue weighted by atomic mass is 79.9. The highest BCUT2D eigenvalue weighted by Gasteiger charge is 2.06. The molecule has 0 atom stereocenters. The summed E-state index contributed by atoms with van der Waals surface area (Å²) < 4.78 is 31.9. The fourth-order valence-electron chi connectivity index (χ4n) is 1.73. The van der Waals surface area contributed by atoms with Crippen LogP contribution in [0.25, 0.3) is 0 Å². The Hall–Kier alpha value is -1.93. The van der Waals surface area contributed by atoms with Crippen molar-refractivity contribution >= 4 is 15.9 Å². The molecule has 0 radical (unpaired) electrons. The van der Waals surface area contributed by atoms with E-state index in [0.29, 0.717) is 22.2 Å². The van der Waals surface area contributed by atoms with Gasteiger partial charge in [-0.15, -0.1) is 0 Å². The second-order valence-corrected chi connectivity index (χ2v) is 4.69. The molecule has 0 saturated heterocycles. The minimum atomic E-state index is -0.442. The first-order valence-electron chi connectivity index (χ1n) is 5.79. The summed E-state index contributed by atoms with van der Waals surface area (Å²) in [6.07, 6.45) is 0. The molecule has 20 heavy (non-hydrogen) atoms. The van der Waals surface area contributed by atoms with Crippen molar-refractivity contribution in [1.82, 2.24) is 0 Å². The zero-order valence-corrected chi connectivity index (χ0v) is 12.0. The molecule has 0 amide bonds. The Balaban J connectivity index is 2.19. The standard InChI is InChI=1S/C15H10BrF2NO/c16-7-10-3-14(18)6-15(4-10)20-9-12-5-13(17)2-1-11(12)8-19/h1-6H,7,9H2. The fourth-order valence-corrected chi connectivity index (χ4v) is 2.06. The van der Waals surface area contributed by atoms with Crippen molar-refractivity contribution in [3.8, 4) is 11.8 Å². The minimum Gasteiger partial charge on any atom is -0.489 e. The average molecular weight is 338 g/mol. The van der Waals surface area contributed by atoms with Crippen LogP contribution in [0.4, 0.5) is 8.78 Å². The van der Waals surface area contributed by atoms with Crippen molar-refractivity contribution in [3.05, 3.63) is 64.7 Å². The van der Waals surface area contributed by atoms with E-state index in [-0.39, 0.29) is 6.61 Å².